The summed E-state index contributed by atoms with van der Waals surface area (Å²) in [5, 5.41) is 4.29. The van der Waals surface area contributed by atoms with Crippen LogP contribution in [0.3, 0.4) is 0 Å². The zero-order valence-electron chi connectivity index (χ0n) is 16.9. The van der Waals surface area contributed by atoms with E-state index < -0.39 is 0 Å². The zero-order chi connectivity index (χ0) is 19.5. The van der Waals surface area contributed by atoms with Gasteiger partial charge in [0.15, 0.2) is 0 Å². The third-order valence-corrected chi connectivity index (χ3v) is 5.47. The summed E-state index contributed by atoms with van der Waals surface area (Å²) in [7, 11) is 3.69. The Labute approximate surface area is 166 Å². The van der Waals surface area contributed by atoms with Crippen LogP contribution in [0.2, 0.25) is 0 Å². The molecule has 2 aromatic heterocycles. The van der Waals surface area contributed by atoms with E-state index >= 15 is 0 Å². The van der Waals surface area contributed by atoms with Gasteiger partial charge in [-0.05, 0) is 36.8 Å². The molecule has 0 unspecified atom stereocenters. The first-order valence-electron chi connectivity index (χ1n) is 9.90. The van der Waals surface area contributed by atoms with E-state index in [4.69, 9.17) is 14.7 Å². The third-order valence-electron chi connectivity index (χ3n) is 5.47. The van der Waals surface area contributed by atoms with E-state index in [9.17, 15) is 0 Å². The maximum atomic E-state index is 5.31. The Morgan fingerprint density at radius 1 is 1.04 bits per heavy atom. The molecule has 1 aromatic carbocycles. The fourth-order valence-electron chi connectivity index (χ4n) is 3.79. The monoisotopic (exact) mass is 377 g/mol. The zero-order valence-corrected chi connectivity index (χ0v) is 16.9. The Hall–Kier alpha value is -2.73. The van der Waals surface area contributed by atoms with Crippen molar-refractivity contribution in [3.63, 3.8) is 0 Å². The van der Waals surface area contributed by atoms with Gasteiger partial charge in [-0.2, -0.15) is 5.10 Å². The molecule has 6 heteroatoms. The maximum Gasteiger partial charge on any atom is 0.129 e. The number of hydrogen-bond acceptors (Lipinski definition) is 5. The van der Waals surface area contributed by atoms with Gasteiger partial charge in [-0.25, -0.2) is 9.97 Å². The molecule has 0 fully saturated rings. The second-order valence-electron chi connectivity index (χ2n) is 7.22. The molecule has 1 aliphatic rings. The van der Waals surface area contributed by atoms with Gasteiger partial charge in [0, 0.05) is 62.5 Å². The van der Waals surface area contributed by atoms with Crippen molar-refractivity contribution in [3.05, 3.63) is 59.3 Å². The molecule has 28 heavy (non-hydrogen) atoms. The molecule has 0 atom stereocenters. The van der Waals surface area contributed by atoms with Crippen molar-refractivity contribution in [2.75, 3.05) is 20.2 Å². The highest BCUT2D eigenvalue weighted by Gasteiger charge is 2.21. The van der Waals surface area contributed by atoms with Crippen molar-refractivity contribution in [2.24, 2.45) is 7.05 Å². The summed E-state index contributed by atoms with van der Waals surface area (Å²) in [5.41, 5.74) is 5.93. The lowest BCUT2D eigenvalue weighted by Gasteiger charge is -2.19. The predicted molar refractivity (Wildman–Crippen MR) is 109 cm³/mol. The fourth-order valence-corrected chi connectivity index (χ4v) is 3.79. The van der Waals surface area contributed by atoms with Gasteiger partial charge in [0.05, 0.1) is 18.5 Å². The summed E-state index contributed by atoms with van der Waals surface area (Å²) in [6, 6.07) is 10.3. The molecule has 6 nitrogen and oxygen atoms in total. The number of ether oxygens (including phenoxy) is 1. The van der Waals surface area contributed by atoms with Crippen molar-refractivity contribution in [1.29, 1.82) is 0 Å². The fraction of sp³-hybridized carbons (Fsp3) is 0.409. The van der Waals surface area contributed by atoms with Crippen LogP contribution >= 0.6 is 0 Å². The van der Waals surface area contributed by atoms with Crippen molar-refractivity contribution in [1.82, 2.24) is 24.6 Å². The highest BCUT2D eigenvalue weighted by Crippen LogP contribution is 2.28. The lowest BCUT2D eigenvalue weighted by atomic mass is 10.0. The number of nitrogens with zero attached hydrogens (tertiary/aromatic N) is 5. The lowest BCUT2D eigenvalue weighted by molar-refractivity contribution is 0.271. The van der Waals surface area contributed by atoms with Crippen LogP contribution in [0.1, 0.15) is 29.7 Å². The van der Waals surface area contributed by atoms with Gasteiger partial charge in [-0.3, -0.25) is 9.58 Å². The minimum atomic E-state index is 0.842. The second-order valence-corrected chi connectivity index (χ2v) is 7.22. The van der Waals surface area contributed by atoms with Gasteiger partial charge < -0.3 is 4.74 Å². The smallest absolute Gasteiger partial charge is 0.129 e. The number of aromatic nitrogens is 4. The number of aryl methyl sites for hydroxylation is 2. The molecule has 0 saturated heterocycles. The van der Waals surface area contributed by atoms with E-state index in [-0.39, 0.29) is 0 Å². The first kappa shape index (κ1) is 18.6. The molecule has 4 rings (SSSR count). The molecule has 0 N–H and O–H groups in total. The minimum absolute atomic E-state index is 0.842. The lowest BCUT2D eigenvalue weighted by Crippen LogP contribution is -2.27. The van der Waals surface area contributed by atoms with Crippen molar-refractivity contribution in [2.45, 2.75) is 32.7 Å². The van der Waals surface area contributed by atoms with Gasteiger partial charge in [0.25, 0.3) is 0 Å². The van der Waals surface area contributed by atoms with Crippen molar-refractivity contribution >= 4 is 0 Å². The van der Waals surface area contributed by atoms with Gasteiger partial charge in [-0.1, -0.05) is 6.92 Å². The first-order chi connectivity index (χ1) is 13.7. The van der Waals surface area contributed by atoms with Crippen LogP contribution in [-0.4, -0.2) is 44.8 Å². The SMILES string of the molecule is CCc1nc2c(c(-c3ccc(OC)cc3)n1)CCN(Cc1ccnn1C)CC2. The van der Waals surface area contributed by atoms with Gasteiger partial charge in [0.2, 0.25) is 0 Å². The van der Waals surface area contributed by atoms with E-state index in [0.29, 0.717) is 0 Å². The Balaban J connectivity index is 1.63. The Bertz CT molecular complexity index is 948. The number of fused-ring (bicyclic) bond motifs is 1. The molecular weight excluding hydrogens is 350 g/mol. The molecule has 0 spiro atoms. The largest absolute Gasteiger partial charge is 0.497 e. The third kappa shape index (κ3) is 3.78. The van der Waals surface area contributed by atoms with Crippen molar-refractivity contribution < 1.29 is 4.74 Å². The molecule has 0 bridgehead atoms. The van der Waals surface area contributed by atoms with Crippen LogP contribution in [0.4, 0.5) is 0 Å². The highest BCUT2D eigenvalue weighted by molar-refractivity contribution is 5.65. The molecule has 1 aliphatic heterocycles. The van der Waals surface area contributed by atoms with E-state index in [1.54, 1.807) is 7.11 Å². The van der Waals surface area contributed by atoms with Crippen LogP contribution in [0.25, 0.3) is 11.3 Å². The number of methoxy groups -OCH3 is 1. The van der Waals surface area contributed by atoms with Crippen LogP contribution < -0.4 is 4.74 Å². The Kier molecular flexibility index (Phi) is 5.39. The second kappa shape index (κ2) is 8.10. The van der Waals surface area contributed by atoms with Crippen LogP contribution in [0.15, 0.2) is 36.5 Å². The Morgan fingerprint density at radius 3 is 2.50 bits per heavy atom. The summed E-state index contributed by atoms with van der Waals surface area (Å²) in [5.74, 6) is 1.78. The number of benzene rings is 1. The summed E-state index contributed by atoms with van der Waals surface area (Å²) in [4.78, 5) is 12.3. The Morgan fingerprint density at radius 2 is 1.82 bits per heavy atom. The van der Waals surface area contributed by atoms with E-state index in [1.807, 2.05) is 30.1 Å². The van der Waals surface area contributed by atoms with Gasteiger partial charge in [0.1, 0.15) is 11.6 Å². The molecule has 3 heterocycles. The molecule has 146 valence electrons. The van der Waals surface area contributed by atoms with Crippen LogP contribution in [0, 0.1) is 0 Å². The summed E-state index contributed by atoms with van der Waals surface area (Å²) >= 11 is 0. The van der Waals surface area contributed by atoms with Gasteiger partial charge in [-0.15, -0.1) is 0 Å². The quantitative estimate of drug-likeness (QED) is 0.684. The van der Waals surface area contributed by atoms with E-state index in [0.717, 1.165) is 61.7 Å². The topological polar surface area (TPSA) is 56.1 Å². The standard InChI is InChI=1S/C22H27N5O/c1-4-21-24-20-11-14-27(15-17-9-12-23-26(17)2)13-10-19(20)22(25-21)16-5-7-18(28-3)8-6-16/h5-9,12H,4,10-11,13-15H2,1-3H3. The van der Waals surface area contributed by atoms with Gasteiger partial charge >= 0.3 is 0 Å². The van der Waals surface area contributed by atoms with Crippen LogP contribution in [-0.2, 0) is 32.9 Å². The summed E-state index contributed by atoms with van der Waals surface area (Å²) < 4.78 is 7.26. The minimum Gasteiger partial charge on any atom is -0.497 e. The van der Waals surface area contributed by atoms with Crippen LogP contribution in [0.5, 0.6) is 5.75 Å². The summed E-state index contributed by atoms with van der Waals surface area (Å²) in [6.45, 7) is 5.03. The number of rotatable bonds is 5. The molecule has 0 saturated carbocycles. The molecule has 0 aliphatic carbocycles. The molecule has 3 aromatic rings. The molecule has 0 amide bonds. The summed E-state index contributed by atoms with van der Waals surface area (Å²) in [6.07, 6.45) is 4.61. The van der Waals surface area contributed by atoms with E-state index in [1.165, 1.54) is 17.0 Å². The number of hydrogen-bond donors (Lipinski definition) is 0. The average Bonchev–Trinajstić information content (AvgIpc) is 3.02. The maximum absolute atomic E-state index is 5.31. The van der Waals surface area contributed by atoms with E-state index in [2.05, 4.69) is 35.1 Å². The molecular formula is C22H27N5O. The normalized spacial score (nSPS) is 14.5. The first-order valence-corrected chi connectivity index (χ1v) is 9.90. The molecule has 0 radical (unpaired) electrons. The van der Waals surface area contributed by atoms with Crippen molar-refractivity contribution in [3.8, 4) is 17.0 Å². The average molecular weight is 377 g/mol. The highest BCUT2D eigenvalue weighted by atomic mass is 16.5. The predicted octanol–water partition coefficient (Wildman–Crippen LogP) is 3.05.